The molecule has 0 aromatic carbocycles. The Morgan fingerprint density at radius 2 is 1.93 bits per heavy atom. The van der Waals surface area contributed by atoms with E-state index in [1.165, 1.54) is 25.7 Å². The lowest BCUT2D eigenvalue weighted by atomic mass is 9.90. The van der Waals surface area contributed by atoms with Crippen molar-refractivity contribution in [1.82, 2.24) is 0 Å². The monoisotopic (exact) mass is 210 g/mol. The highest BCUT2D eigenvalue weighted by atomic mass is 16.5. The molecule has 15 heavy (non-hydrogen) atoms. The van der Waals surface area contributed by atoms with Crippen LogP contribution in [-0.4, -0.2) is 11.7 Å². The first-order chi connectivity index (χ1) is 6.88. The molecule has 0 bridgehead atoms. The van der Waals surface area contributed by atoms with Crippen molar-refractivity contribution < 1.29 is 4.74 Å². The minimum atomic E-state index is -0.00309. The van der Waals surface area contributed by atoms with Crippen LogP contribution >= 0.6 is 0 Å². The van der Waals surface area contributed by atoms with Crippen LogP contribution in [-0.2, 0) is 4.74 Å². The van der Waals surface area contributed by atoms with Gasteiger partial charge in [-0.05, 0) is 59.3 Å². The van der Waals surface area contributed by atoms with E-state index in [4.69, 9.17) is 4.74 Å². The minimum absolute atomic E-state index is 0.00309. The van der Waals surface area contributed by atoms with Crippen molar-refractivity contribution in [3.63, 3.8) is 0 Å². The third-order valence-electron chi connectivity index (χ3n) is 3.08. The zero-order valence-corrected chi connectivity index (χ0v) is 11.0. The Hall–Kier alpha value is -0.300. The topological polar surface area (TPSA) is 9.23 Å². The van der Waals surface area contributed by atoms with Crippen molar-refractivity contribution in [2.45, 2.75) is 72.0 Å². The Morgan fingerprint density at radius 3 is 2.53 bits per heavy atom. The molecule has 0 fully saturated rings. The van der Waals surface area contributed by atoms with Gasteiger partial charge in [0.1, 0.15) is 0 Å². The lowest BCUT2D eigenvalue weighted by Gasteiger charge is -2.32. The quantitative estimate of drug-likeness (QED) is 0.585. The van der Waals surface area contributed by atoms with E-state index in [1.54, 1.807) is 5.57 Å². The van der Waals surface area contributed by atoms with Gasteiger partial charge in [-0.25, -0.2) is 0 Å². The molecule has 0 aromatic rings. The molecule has 88 valence electrons. The van der Waals surface area contributed by atoms with Gasteiger partial charge in [0.2, 0.25) is 0 Å². The average molecular weight is 210 g/mol. The normalized spacial score (nSPS) is 29.3. The van der Waals surface area contributed by atoms with Crippen molar-refractivity contribution in [3.05, 3.63) is 11.6 Å². The van der Waals surface area contributed by atoms with Gasteiger partial charge in [0.25, 0.3) is 0 Å². The van der Waals surface area contributed by atoms with E-state index in [0.717, 1.165) is 0 Å². The molecule has 0 spiro atoms. The summed E-state index contributed by atoms with van der Waals surface area (Å²) in [5, 5.41) is 0. The maximum Gasteiger partial charge on any atom is 0.0610 e. The van der Waals surface area contributed by atoms with Gasteiger partial charge in [0.05, 0.1) is 11.7 Å². The molecular formula is C14H26O. The number of allylic oxidation sites excluding steroid dienone is 2. The van der Waals surface area contributed by atoms with Gasteiger partial charge in [0, 0.05) is 0 Å². The van der Waals surface area contributed by atoms with Crippen LogP contribution in [0.1, 0.15) is 60.3 Å². The van der Waals surface area contributed by atoms with Gasteiger partial charge in [-0.15, -0.1) is 0 Å². The second-order valence-electron chi connectivity index (χ2n) is 5.91. The highest BCUT2D eigenvalue weighted by Crippen LogP contribution is 2.27. The van der Waals surface area contributed by atoms with Crippen LogP contribution in [0.2, 0.25) is 0 Å². The van der Waals surface area contributed by atoms with E-state index in [1.807, 2.05) is 0 Å². The Kier molecular flexibility index (Phi) is 4.39. The van der Waals surface area contributed by atoms with Crippen LogP contribution < -0.4 is 0 Å². The number of ether oxygens (including phenoxy) is 1. The molecule has 0 amide bonds. The van der Waals surface area contributed by atoms with E-state index in [9.17, 15) is 0 Å². The number of hydrogen-bond acceptors (Lipinski definition) is 1. The third-order valence-corrected chi connectivity index (χ3v) is 3.08. The second-order valence-corrected chi connectivity index (χ2v) is 5.91. The minimum Gasteiger partial charge on any atom is -0.372 e. The fourth-order valence-electron chi connectivity index (χ4n) is 2.15. The second kappa shape index (κ2) is 5.16. The van der Waals surface area contributed by atoms with Gasteiger partial charge in [0.15, 0.2) is 0 Å². The van der Waals surface area contributed by atoms with Crippen LogP contribution in [0.15, 0.2) is 11.6 Å². The first kappa shape index (κ1) is 12.8. The molecule has 1 aliphatic rings. The van der Waals surface area contributed by atoms with E-state index in [-0.39, 0.29) is 5.60 Å². The Morgan fingerprint density at radius 1 is 1.27 bits per heavy atom. The maximum atomic E-state index is 6.13. The Balaban J connectivity index is 2.57. The van der Waals surface area contributed by atoms with Crippen molar-refractivity contribution in [2.75, 3.05) is 0 Å². The number of rotatable bonds is 1. The van der Waals surface area contributed by atoms with Crippen LogP contribution in [0.3, 0.4) is 0 Å². The predicted octanol–water partition coefficient (Wildman–Crippen LogP) is 4.33. The fourth-order valence-corrected chi connectivity index (χ4v) is 2.15. The zero-order valence-electron chi connectivity index (χ0n) is 11.0. The third kappa shape index (κ3) is 4.83. The summed E-state index contributed by atoms with van der Waals surface area (Å²) in [4.78, 5) is 0. The molecule has 0 saturated carbocycles. The smallest absolute Gasteiger partial charge is 0.0610 e. The first-order valence-electron chi connectivity index (χ1n) is 6.22. The molecule has 1 rings (SSSR count). The first-order valence-corrected chi connectivity index (χ1v) is 6.22. The standard InChI is InChI=1S/C14H26O/c1-11-7-6-8-13(12(2)10-9-11)15-14(3,4)5/h7,12-13H,6,8-10H2,1-5H3. The van der Waals surface area contributed by atoms with Crippen molar-refractivity contribution in [3.8, 4) is 0 Å². The van der Waals surface area contributed by atoms with Gasteiger partial charge in [-0.1, -0.05) is 18.6 Å². The molecule has 0 radical (unpaired) electrons. The summed E-state index contributed by atoms with van der Waals surface area (Å²) < 4.78 is 6.13. The summed E-state index contributed by atoms with van der Waals surface area (Å²) in [7, 11) is 0. The lowest BCUT2D eigenvalue weighted by Crippen LogP contribution is -2.32. The van der Waals surface area contributed by atoms with E-state index in [2.05, 4.69) is 40.7 Å². The van der Waals surface area contributed by atoms with Gasteiger partial charge in [-0.2, -0.15) is 0 Å². The van der Waals surface area contributed by atoms with E-state index < -0.39 is 0 Å². The summed E-state index contributed by atoms with van der Waals surface area (Å²) in [5.74, 6) is 0.688. The summed E-state index contributed by atoms with van der Waals surface area (Å²) in [6.45, 7) is 11.0. The summed E-state index contributed by atoms with van der Waals surface area (Å²) >= 11 is 0. The van der Waals surface area contributed by atoms with Crippen molar-refractivity contribution in [2.24, 2.45) is 5.92 Å². The zero-order chi connectivity index (χ0) is 11.5. The molecule has 0 N–H and O–H groups in total. The molecule has 2 atom stereocenters. The Bertz CT molecular complexity index is 222. The lowest BCUT2D eigenvalue weighted by molar-refractivity contribution is -0.0864. The van der Waals surface area contributed by atoms with Crippen molar-refractivity contribution in [1.29, 1.82) is 0 Å². The highest BCUT2D eigenvalue weighted by Gasteiger charge is 2.24. The SMILES string of the molecule is CC1=CCCC(OC(C)(C)C)C(C)CC1. The van der Waals surface area contributed by atoms with E-state index >= 15 is 0 Å². The molecule has 2 unspecified atom stereocenters. The molecule has 1 nitrogen and oxygen atoms in total. The van der Waals surface area contributed by atoms with Crippen LogP contribution in [0.5, 0.6) is 0 Å². The van der Waals surface area contributed by atoms with Crippen LogP contribution in [0.25, 0.3) is 0 Å². The maximum absolute atomic E-state index is 6.13. The van der Waals surface area contributed by atoms with E-state index in [0.29, 0.717) is 12.0 Å². The van der Waals surface area contributed by atoms with Crippen molar-refractivity contribution >= 4 is 0 Å². The highest BCUT2D eigenvalue weighted by molar-refractivity contribution is 5.00. The molecule has 1 aliphatic carbocycles. The largest absolute Gasteiger partial charge is 0.372 e. The fraction of sp³-hybridized carbons (Fsp3) is 0.857. The molecule has 0 saturated heterocycles. The predicted molar refractivity (Wildman–Crippen MR) is 66.0 cm³/mol. The summed E-state index contributed by atoms with van der Waals surface area (Å²) in [5.41, 5.74) is 1.55. The summed E-state index contributed by atoms with van der Waals surface area (Å²) in [6, 6.07) is 0. The van der Waals surface area contributed by atoms with Gasteiger partial charge in [-0.3, -0.25) is 0 Å². The molecule has 1 heteroatoms. The molecular weight excluding hydrogens is 184 g/mol. The van der Waals surface area contributed by atoms with Crippen LogP contribution in [0, 0.1) is 5.92 Å². The number of hydrogen-bond donors (Lipinski definition) is 0. The summed E-state index contributed by atoms with van der Waals surface area (Å²) in [6.07, 6.45) is 7.68. The van der Waals surface area contributed by atoms with Gasteiger partial charge < -0.3 is 4.74 Å². The van der Waals surface area contributed by atoms with Crippen LogP contribution in [0.4, 0.5) is 0 Å². The Labute approximate surface area is 94.9 Å². The molecule has 0 aliphatic heterocycles. The average Bonchev–Trinajstić information content (AvgIpc) is 2.08. The molecule has 0 aromatic heterocycles. The molecule has 0 heterocycles. The van der Waals surface area contributed by atoms with Gasteiger partial charge >= 0.3 is 0 Å².